The van der Waals surface area contributed by atoms with Crippen LogP contribution in [0.25, 0.3) is 0 Å². The number of unbranched alkanes of at least 4 members (excludes halogenated alkanes) is 4. The number of ether oxygens (including phenoxy) is 1. The Morgan fingerprint density at radius 2 is 1.74 bits per heavy atom. The van der Waals surface area contributed by atoms with E-state index in [2.05, 4.69) is 10.2 Å². The highest BCUT2D eigenvalue weighted by Crippen LogP contribution is 2.22. The first kappa shape index (κ1) is 31.7. The predicted octanol–water partition coefficient (Wildman–Crippen LogP) is 2.86. The molecule has 0 fully saturated rings. The molecule has 0 aliphatic heterocycles. The number of nitrogens with one attached hydrogen (secondary N) is 2. The van der Waals surface area contributed by atoms with Crippen LogP contribution in [0.1, 0.15) is 68.2 Å². The monoisotopic (exact) mass is 552 g/mol. The van der Waals surface area contributed by atoms with Crippen LogP contribution in [0.15, 0.2) is 47.4 Å². The van der Waals surface area contributed by atoms with Gasteiger partial charge in [-0.05, 0) is 78.9 Å². The number of carbonyl (C=O) groups is 1. The van der Waals surface area contributed by atoms with Crippen molar-refractivity contribution in [1.29, 1.82) is 0 Å². The second-order valence-electron chi connectivity index (χ2n) is 9.08. The maximum atomic E-state index is 12.1. The van der Waals surface area contributed by atoms with Crippen LogP contribution < -0.4 is 10.2 Å². The lowest BCUT2D eigenvalue weighted by Crippen LogP contribution is -2.26. The third-order valence-electron chi connectivity index (χ3n) is 5.90. The van der Waals surface area contributed by atoms with Crippen LogP contribution in [0.2, 0.25) is 0 Å². The molecule has 0 spiro atoms. The van der Waals surface area contributed by atoms with Crippen molar-refractivity contribution in [3.05, 3.63) is 59.2 Å². The highest BCUT2D eigenvalue weighted by molar-refractivity contribution is 7.89. The van der Waals surface area contributed by atoms with Crippen molar-refractivity contribution in [3.63, 3.8) is 0 Å². The molecule has 0 unspecified atom stereocenters. The number of hydrogen-bond acceptors (Lipinski definition) is 9. The van der Waals surface area contributed by atoms with Crippen LogP contribution in [0, 0.1) is 0 Å². The molecule has 212 valence electrons. The first-order valence-electron chi connectivity index (χ1n) is 12.9. The molecule has 1 atom stereocenters. The van der Waals surface area contributed by atoms with Crippen LogP contribution in [0.4, 0.5) is 0 Å². The standard InChI is InChI=1S/C27H40N2O8S/c1-21(31)37-29-38(34,35)25-11-8-10-22(17-25)9-4-7-16-36-15-6-3-2-5-14-28-19-27(33)23-12-13-26(32)24(18-23)20-30/h8,10-13,17-18,27-30,32-33H,2-7,9,14-16,19-20H2,1H3/t27-/m0/s1. The molecule has 2 aromatic rings. The highest BCUT2D eigenvalue weighted by Gasteiger charge is 2.16. The van der Waals surface area contributed by atoms with E-state index in [4.69, 9.17) is 4.74 Å². The van der Waals surface area contributed by atoms with Crippen molar-refractivity contribution in [2.24, 2.45) is 0 Å². The SMILES string of the molecule is CC(=O)ONS(=O)(=O)c1cccc(CCCCOCCCCCCNC[C@H](O)c2ccc(O)c(CO)c2)c1. The average Bonchev–Trinajstić information content (AvgIpc) is 2.90. The fourth-order valence-electron chi connectivity index (χ4n) is 3.77. The first-order valence-corrected chi connectivity index (χ1v) is 14.4. The zero-order valence-electron chi connectivity index (χ0n) is 21.9. The Morgan fingerprint density at radius 3 is 2.47 bits per heavy atom. The highest BCUT2D eigenvalue weighted by atomic mass is 32.2. The molecule has 5 N–H and O–H groups in total. The van der Waals surface area contributed by atoms with E-state index in [1.54, 1.807) is 24.3 Å². The number of benzene rings is 2. The number of aliphatic hydroxyl groups is 2. The van der Waals surface area contributed by atoms with Crippen molar-refractivity contribution in [3.8, 4) is 5.75 Å². The molecule has 0 aliphatic carbocycles. The number of aromatic hydroxyl groups is 1. The first-order chi connectivity index (χ1) is 18.2. The van der Waals surface area contributed by atoms with Gasteiger partial charge >= 0.3 is 5.97 Å². The normalized spacial score (nSPS) is 12.4. The van der Waals surface area contributed by atoms with E-state index in [1.165, 1.54) is 12.1 Å². The van der Waals surface area contributed by atoms with Crippen LogP contribution in [0.5, 0.6) is 5.75 Å². The molecular formula is C27H40N2O8S. The second kappa shape index (κ2) is 17.1. The van der Waals surface area contributed by atoms with E-state index in [1.807, 2.05) is 11.0 Å². The van der Waals surface area contributed by atoms with Crippen LogP contribution in [-0.4, -0.2) is 56.0 Å². The lowest BCUT2D eigenvalue weighted by Gasteiger charge is -2.14. The zero-order chi connectivity index (χ0) is 27.8. The van der Waals surface area contributed by atoms with Gasteiger partial charge in [-0.3, -0.25) is 4.79 Å². The summed E-state index contributed by atoms with van der Waals surface area (Å²) < 4.78 is 30.0. The van der Waals surface area contributed by atoms with Gasteiger partial charge in [-0.2, -0.15) is 0 Å². The van der Waals surface area contributed by atoms with E-state index in [0.29, 0.717) is 30.9 Å². The number of aryl methyl sites for hydroxylation is 1. The largest absolute Gasteiger partial charge is 0.508 e. The van der Waals surface area contributed by atoms with E-state index in [9.17, 15) is 28.5 Å². The summed E-state index contributed by atoms with van der Waals surface area (Å²) in [6.45, 7) is 3.41. The Bertz CT molecular complexity index is 1090. The number of rotatable bonds is 19. The Kier molecular flexibility index (Phi) is 14.3. The molecule has 0 radical (unpaired) electrons. The quantitative estimate of drug-likeness (QED) is 0.131. The van der Waals surface area contributed by atoms with Crippen molar-refractivity contribution in [1.82, 2.24) is 10.2 Å². The fourth-order valence-corrected chi connectivity index (χ4v) is 4.66. The Balaban J connectivity index is 1.47. The minimum absolute atomic E-state index is 0.0223. The summed E-state index contributed by atoms with van der Waals surface area (Å²) in [7, 11) is -3.90. The van der Waals surface area contributed by atoms with E-state index < -0.39 is 22.1 Å². The summed E-state index contributed by atoms with van der Waals surface area (Å²) in [5.41, 5.74) is 1.94. The molecule has 0 aromatic heterocycles. The van der Waals surface area contributed by atoms with E-state index in [-0.39, 0.29) is 17.3 Å². The van der Waals surface area contributed by atoms with Crippen LogP contribution in [-0.2, 0) is 37.4 Å². The molecule has 0 bridgehead atoms. The van der Waals surface area contributed by atoms with Crippen molar-refractivity contribution in [2.45, 2.75) is 69.5 Å². The summed E-state index contributed by atoms with van der Waals surface area (Å²) in [5.74, 6) is -0.714. The molecule has 0 saturated carbocycles. The Labute approximate surface area is 225 Å². The lowest BCUT2D eigenvalue weighted by atomic mass is 10.1. The van der Waals surface area contributed by atoms with Gasteiger partial charge in [0, 0.05) is 32.2 Å². The van der Waals surface area contributed by atoms with Crippen molar-refractivity contribution < 1.29 is 38.1 Å². The van der Waals surface area contributed by atoms with Gasteiger partial charge in [0.05, 0.1) is 17.6 Å². The summed E-state index contributed by atoms with van der Waals surface area (Å²) in [5, 5.41) is 32.3. The number of hydrogen-bond donors (Lipinski definition) is 5. The van der Waals surface area contributed by atoms with Gasteiger partial charge in [0.2, 0.25) is 0 Å². The third kappa shape index (κ3) is 11.9. The Hall–Kier alpha value is -2.54. The molecular weight excluding hydrogens is 512 g/mol. The molecule has 38 heavy (non-hydrogen) atoms. The molecule has 0 aliphatic rings. The molecule has 2 rings (SSSR count). The minimum Gasteiger partial charge on any atom is -0.508 e. The predicted molar refractivity (Wildman–Crippen MR) is 143 cm³/mol. The van der Waals surface area contributed by atoms with Crippen molar-refractivity contribution in [2.75, 3.05) is 26.3 Å². The van der Waals surface area contributed by atoms with Gasteiger partial charge < -0.3 is 30.2 Å². The molecule has 0 amide bonds. The van der Waals surface area contributed by atoms with Crippen LogP contribution >= 0.6 is 0 Å². The maximum Gasteiger partial charge on any atom is 0.323 e. The average molecular weight is 553 g/mol. The maximum absolute atomic E-state index is 12.1. The molecule has 0 saturated heterocycles. The smallest absolute Gasteiger partial charge is 0.323 e. The van der Waals surface area contributed by atoms with Gasteiger partial charge in [0.1, 0.15) is 5.75 Å². The van der Waals surface area contributed by atoms with E-state index in [0.717, 1.165) is 64.0 Å². The van der Waals surface area contributed by atoms with Crippen LogP contribution in [0.3, 0.4) is 0 Å². The Morgan fingerprint density at radius 1 is 1.00 bits per heavy atom. The summed E-state index contributed by atoms with van der Waals surface area (Å²) in [6.07, 6.45) is 5.86. The zero-order valence-corrected chi connectivity index (χ0v) is 22.7. The number of sulfonamides is 1. The second-order valence-corrected chi connectivity index (χ2v) is 10.7. The molecule has 10 nitrogen and oxygen atoms in total. The van der Waals surface area contributed by atoms with Gasteiger partial charge in [0.25, 0.3) is 10.0 Å². The van der Waals surface area contributed by atoms with Gasteiger partial charge in [-0.25, -0.2) is 8.42 Å². The minimum atomic E-state index is -3.90. The van der Waals surface area contributed by atoms with Gasteiger partial charge in [-0.15, -0.1) is 0 Å². The number of carbonyl (C=O) groups excluding carboxylic acids is 1. The summed E-state index contributed by atoms with van der Waals surface area (Å²) in [4.78, 5) is 17.1. The van der Waals surface area contributed by atoms with Gasteiger partial charge in [0.15, 0.2) is 0 Å². The molecule has 2 aromatic carbocycles. The van der Waals surface area contributed by atoms with Gasteiger partial charge in [-0.1, -0.05) is 31.0 Å². The molecule has 11 heteroatoms. The lowest BCUT2D eigenvalue weighted by molar-refractivity contribution is -0.144. The summed E-state index contributed by atoms with van der Waals surface area (Å²) in [6, 6.07) is 11.3. The number of aliphatic hydroxyl groups excluding tert-OH is 2. The fraction of sp³-hybridized carbons (Fsp3) is 0.519. The topological polar surface area (TPSA) is 154 Å². The third-order valence-corrected chi connectivity index (χ3v) is 7.07. The summed E-state index contributed by atoms with van der Waals surface area (Å²) >= 11 is 0. The number of phenols is 1. The van der Waals surface area contributed by atoms with Crippen molar-refractivity contribution >= 4 is 16.0 Å². The van der Waals surface area contributed by atoms with E-state index >= 15 is 0 Å². The molecule has 0 heterocycles.